The number of carbonyl (C=O) groups excluding carboxylic acids is 3. The van der Waals surface area contributed by atoms with Crippen molar-refractivity contribution in [3.63, 3.8) is 0 Å². The van der Waals surface area contributed by atoms with E-state index in [2.05, 4.69) is 30.6 Å². The summed E-state index contributed by atoms with van der Waals surface area (Å²) in [5.41, 5.74) is 6.45. The quantitative estimate of drug-likeness (QED) is 0.203. The lowest BCUT2D eigenvalue weighted by Crippen LogP contribution is -2.51. The molecular formula is C26H29N7O8. The van der Waals surface area contributed by atoms with Crippen LogP contribution >= 0.6 is 0 Å². The second-order valence-corrected chi connectivity index (χ2v) is 9.41. The van der Waals surface area contributed by atoms with E-state index in [0.29, 0.717) is 24.2 Å². The summed E-state index contributed by atoms with van der Waals surface area (Å²) < 4.78 is 10.9. The number of nitrogen functional groups attached to an aromatic ring is 1. The number of nitrogens with zero attached hydrogens (tertiary/aromatic N) is 3. The van der Waals surface area contributed by atoms with Gasteiger partial charge in [0.1, 0.15) is 6.04 Å². The number of hydrogen-bond donors (Lipinski definition) is 5. The van der Waals surface area contributed by atoms with Crippen LogP contribution in [-0.2, 0) is 30.4 Å². The number of carboxylic acids is 1. The minimum atomic E-state index is -1.75. The lowest BCUT2D eigenvalue weighted by atomic mass is 10.0. The van der Waals surface area contributed by atoms with Crippen molar-refractivity contribution >= 4 is 46.4 Å². The number of nitrogens with one attached hydrogen (secondary N) is 3. The number of hydrogen-bond acceptors (Lipinski definition) is 12. The van der Waals surface area contributed by atoms with E-state index in [1.165, 1.54) is 25.3 Å². The fraction of sp³-hybridized carbons (Fsp3) is 0.385. The highest BCUT2D eigenvalue weighted by Gasteiger charge is 2.44. The molecule has 1 aliphatic rings. The Labute approximate surface area is 232 Å². The number of fused-ring (bicyclic) bond motifs is 1. The second-order valence-electron chi connectivity index (χ2n) is 9.41. The Kier molecular flexibility index (Phi) is 8.87. The first-order valence-electron chi connectivity index (χ1n) is 12.8. The molecule has 6 N–H and O–H groups in total. The van der Waals surface area contributed by atoms with E-state index in [4.69, 9.17) is 20.3 Å². The molecule has 15 heteroatoms. The van der Waals surface area contributed by atoms with Gasteiger partial charge < -0.3 is 30.9 Å². The molecule has 0 spiro atoms. The number of aromatic amines is 1. The van der Waals surface area contributed by atoms with Gasteiger partial charge in [0.15, 0.2) is 11.2 Å². The van der Waals surface area contributed by atoms with Crippen molar-refractivity contribution in [2.45, 2.75) is 57.4 Å². The molecule has 1 unspecified atom stereocenters. The summed E-state index contributed by atoms with van der Waals surface area (Å²) in [6.07, 6.45) is 2.29. The average Bonchev–Trinajstić information content (AvgIpc) is 2.94. The van der Waals surface area contributed by atoms with Crippen LogP contribution in [0, 0.1) is 0 Å². The van der Waals surface area contributed by atoms with Crippen LogP contribution in [0.1, 0.15) is 55.1 Å². The Morgan fingerprint density at radius 3 is 2.61 bits per heavy atom. The van der Waals surface area contributed by atoms with Crippen molar-refractivity contribution in [1.29, 1.82) is 0 Å². The minimum Gasteiger partial charge on any atom is -0.481 e. The van der Waals surface area contributed by atoms with Gasteiger partial charge in [0.25, 0.3) is 17.3 Å². The topological polar surface area (TPSA) is 229 Å². The van der Waals surface area contributed by atoms with E-state index in [0.717, 1.165) is 0 Å². The maximum absolute atomic E-state index is 13.0. The fourth-order valence-corrected chi connectivity index (χ4v) is 4.18. The summed E-state index contributed by atoms with van der Waals surface area (Å²) in [6.45, 7) is 1.69. The number of Topliss-reactive ketones (excluding diaryl/α,β-unsaturated/α-hetero) is 1. The zero-order chi connectivity index (χ0) is 29.6. The Bertz CT molecular complexity index is 1520. The SMILES string of the molecule is CC(=O)C1(OC(=O)[C@H](CCC(=O)O)NC(=O)c2ccc(NCc3cnc4nc(N)[nH]c(=O)c4n3)cc2)CCCCO1. The van der Waals surface area contributed by atoms with Crippen LogP contribution < -0.4 is 21.9 Å². The standard InChI is InChI=1S/C26H29N7O8/c1-14(34)26(10-2-3-11-40-26)41-24(39)18(8-9-19(35)36)31-22(37)15-4-6-16(7-5-15)28-12-17-13-29-21-20(30-17)23(38)33-25(27)32-21/h4-7,13,18,28H,2-3,8-12H2,1H3,(H,31,37)(H,35,36)(H3,27,29,32,33,38)/t18-,26?/m0/s1. The molecule has 1 aliphatic heterocycles. The maximum Gasteiger partial charge on any atom is 0.331 e. The summed E-state index contributed by atoms with van der Waals surface area (Å²) >= 11 is 0. The predicted octanol–water partition coefficient (Wildman–Crippen LogP) is 0.900. The van der Waals surface area contributed by atoms with Crippen molar-refractivity contribution in [2.24, 2.45) is 0 Å². The number of aliphatic carboxylic acids is 1. The number of amides is 1. The van der Waals surface area contributed by atoms with Crippen LogP contribution in [0.4, 0.5) is 11.6 Å². The molecule has 3 heterocycles. The molecule has 0 aliphatic carbocycles. The van der Waals surface area contributed by atoms with Crippen molar-refractivity contribution in [1.82, 2.24) is 25.3 Å². The lowest BCUT2D eigenvalue weighted by molar-refractivity contribution is -0.238. The summed E-state index contributed by atoms with van der Waals surface area (Å²) in [6, 6.07) is 4.91. The van der Waals surface area contributed by atoms with Crippen molar-refractivity contribution in [3.8, 4) is 0 Å². The Hall–Kier alpha value is -4.92. The van der Waals surface area contributed by atoms with E-state index < -0.39 is 47.4 Å². The molecule has 15 nitrogen and oxygen atoms in total. The number of anilines is 2. The number of ketones is 1. The zero-order valence-electron chi connectivity index (χ0n) is 22.1. The summed E-state index contributed by atoms with van der Waals surface area (Å²) in [5.74, 6) is -5.06. The monoisotopic (exact) mass is 567 g/mol. The van der Waals surface area contributed by atoms with Gasteiger partial charge >= 0.3 is 11.9 Å². The molecule has 0 saturated carbocycles. The molecule has 1 amide bonds. The number of esters is 1. The number of carbonyl (C=O) groups is 4. The van der Waals surface area contributed by atoms with Crippen LogP contribution in [0.25, 0.3) is 11.2 Å². The third-order valence-corrected chi connectivity index (χ3v) is 6.38. The predicted molar refractivity (Wildman–Crippen MR) is 144 cm³/mol. The van der Waals surface area contributed by atoms with Gasteiger partial charge in [-0.15, -0.1) is 0 Å². The van der Waals surface area contributed by atoms with Crippen molar-refractivity contribution in [2.75, 3.05) is 17.7 Å². The Morgan fingerprint density at radius 2 is 1.95 bits per heavy atom. The largest absolute Gasteiger partial charge is 0.481 e. The van der Waals surface area contributed by atoms with E-state index in [1.54, 1.807) is 12.1 Å². The summed E-state index contributed by atoms with van der Waals surface area (Å²) in [5, 5.41) is 14.7. The molecule has 216 valence electrons. The molecule has 0 radical (unpaired) electrons. The molecule has 1 fully saturated rings. The molecule has 2 aromatic heterocycles. The van der Waals surface area contributed by atoms with Gasteiger partial charge in [-0.1, -0.05) is 0 Å². The maximum atomic E-state index is 13.0. The first-order valence-corrected chi connectivity index (χ1v) is 12.8. The smallest absolute Gasteiger partial charge is 0.331 e. The highest BCUT2D eigenvalue weighted by molar-refractivity contribution is 5.97. The van der Waals surface area contributed by atoms with Crippen molar-refractivity contribution < 1.29 is 33.8 Å². The third-order valence-electron chi connectivity index (χ3n) is 6.38. The number of H-pyrrole nitrogens is 1. The van der Waals surface area contributed by atoms with Crippen LogP contribution in [0.15, 0.2) is 35.3 Å². The van der Waals surface area contributed by atoms with Gasteiger partial charge in [-0.3, -0.25) is 24.2 Å². The molecular weight excluding hydrogens is 538 g/mol. The first kappa shape index (κ1) is 29.1. The van der Waals surface area contributed by atoms with Crippen molar-refractivity contribution in [3.05, 3.63) is 52.1 Å². The third kappa shape index (κ3) is 7.19. The van der Waals surface area contributed by atoms with E-state index >= 15 is 0 Å². The van der Waals surface area contributed by atoms with Crippen LogP contribution in [0.3, 0.4) is 0 Å². The summed E-state index contributed by atoms with van der Waals surface area (Å²) in [7, 11) is 0. The molecule has 4 rings (SSSR count). The van der Waals surface area contributed by atoms with E-state index in [9.17, 15) is 24.0 Å². The van der Waals surface area contributed by atoms with Gasteiger partial charge in [-0.05, 0) is 43.5 Å². The number of ether oxygens (including phenoxy) is 2. The first-order chi connectivity index (χ1) is 19.6. The molecule has 3 aromatic rings. The minimum absolute atomic E-state index is 0.0470. The highest BCUT2D eigenvalue weighted by atomic mass is 16.7. The number of rotatable bonds is 11. The van der Waals surface area contributed by atoms with Crippen LogP contribution in [-0.4, -0.2) is 67.1 Å². The van der Waals surface area contributed by atoms with Crippen LogP contribution in [0.5, 0.6) is 0 Å². The van der Waals surface area contributed by atoms with Crippen LogP contribution in [0.2, 0.25) is 0 Å². The number of benzene rings is 1. The highest BCUT2D eigenvalue weighted by Crippen LogP contribution is 2.28. The van der Waals surface area contributed by atoms with Gasteiger partial charge in [-0.25, -0.2) is 14.8 Å². The molecule has 0 bridgehead atoms. The number of aromatic nitrogens is 4. The van der Waals surface area contributed by atoms with Gasteiger partial charge in [0.05, 0.1) is 25.0 Å². The van der Waals surface area contributed by atoms with E-state index in [1.807, 2.05) is 0 Å². The van der Waals surface area contributed by atoms with Gasteiger partial charge in [0, 0.05) is 31.0 Å². The average molecular weight is 568 g/mol. The van der Waals surface area contributed by atoms with E-state index in [-0.39, 0.29) is 48.7 Å². The molecule has 1 aromatic carbocycles. The fourth-order valence-electron chi connectivity index (χ4n) is 4.18. The Morgan fingerprint density at radius 1 is 1.20 bits per heavy atom. The zero-order valence-corrected chi connectivity index (χ0v) is 22.1. The lowest BCUT2D eigenvalue weighted by Gasteiger charge is -2.35. The number of carboxylic acid groups (broad SMARTS) is 1. The van der Waals surface area contributed by atoms with Gasteiger partial charge in [-0.2, -0.15) is 4.98 Å². The summed E-state index contributed by atoms with van der Waals surface area (Å²) in [4.78, 5) is 76.0. The molecule has 2 atom stereocenters. The second kappa shape index (κ2) is 12.5. The normalized spacial score (nSPS) is 17.4. The van der Waals surface area contributed by atoms with Gasteiger partial charge in [0.2, 0.25) is 11.7 Å². The molecule has 41 heavy (non-hydrogen) atoms. The molecule has 1 saturated heterocycles. The number of nitrogens with two attached hydrogens (primary N) is 1. The Balaban J connectivity index is 1.40.